The van der Waals surface area contributed by atoms with Crippen molar-refractivity contribution in [2.24, 2.45) is 0 Å². The lowest BCUT2D eigenvalue weighted by atomic mass is 10.0. The van der Waals surface area contributed by atoms with Crippen LogP contribution in [0, 0.1) is 5.82 Å². The summed E-state index contributed by atoms with van der Waals surface area (Å²) < 4.78 is 63.4. The smallest absolute Gasteiger partial charge is 0.425 e. The topological polar surface area (TPSA) is 171 Å². The van der Waals surface area contributed by atoms with Crippen LogP contribution in [-0.2, 0) is 30.6 Å². The summed E-state index contributed by atoms with van der Waals surface area (Å²) >= 11 is 0. The van der Waals surface area contributed by atoms with Crippen LogP contribution in [0.15, 0.2) is 64.3 Å². The maximum absolute atomic E-state index is 15.6. The normalized spacial score (nSPS) is 12.3. The molecule has 0 saturated heterocycles. The van der Waals surface area contributed by atoms with Crippen LogP contribution in [0.4, 0.5) is 24.6 Å². The fraction of sp³-hybridized carbons (Fsp3) is 0.436. The van der Waals surface area contributed by atoms with Crippen LogP contribution in [0.25, 0.3) is 33.8 Å². The highest BCUT2D eigenvalue weighted by Crippen LogP contribution is 2.37. The van der Waals surface area contributed by atoms with Gasteiger partial charge in [-0.1, -0.05) is 11.2 Å². The fourth-order valence-electron chi connectivity index (χ4n) is 4.88. The van der Waals surface area contributed by atoms with Crippen molar-refractivity contribution in [1.82, 2.24) is 20.0 Å². The molecule has 4 aromatic rings. The number of hydrogen-bond acceptors (Lipinski definition) is 12. The van der Waals surface area contributed by atoms with Gasteiger partial charge in [-0.2, -0.15) is 4.90 Å². The zero-order valence-corrected chi connectivity index (χ0v) is 34.0. The second-order valence-electron chi connectivity index (χ2n) is 16.1. The predicted octanol–water partition coefficient (Wildman–Crippen LogP) is 8.83. The van der Waals surface area contributed by atoms with Crippen LogP contribution < -0.4 is 4.90 Å². The molecule has 0 fully saturated rings. The van der Waals surface area contributed by atoms with Crippen LogP contribution in [0.1, 0.15) is 81.7 Å². The molecule has 0 spiro atoms. The van der Waals surface area contributed by atoms with Crippen molar-refractivity contribution in [1.29, 1.82) is 0 Å². The number of anilines is 1. The largest absolute Gasteiger partial charge is 0.444 e. The summed E-state index contributed by atoms with van der Waals surface area (Å²) in [6, 6.07) is 10.2. The highest BCUT2D eigenvalue weighted by atomic mass is 32.2. The molecule has 3 amide bonds. The Bertz CT molecular complexity index is 2140. The van der Waals surface area contributed by atoms with Gasteiger partial charge in [0.1, 0.15) is 28.3 Å². The summed E-state index contributed by atoms with van der Waals surface area (Å²) in [7, 11) is -2.06. The van der Waals surface area contributed by atoms with Crippen LogP contribution >= 0.6 is 0 Å². The van der Waals surface area contributed by atoms with E-state index in [1.165, 1.54) is 53.7 Å². The lowest BCUT2D eigenvalue weighted by Crippen LogP contribution is -2.44. The van der Waals surface area contributed by atoms with Gasteiger partial charge in [0.25, 0.3) is 0 Å². The number of imide groups is 1. The van der Waals surface area contributed by atoms with Gasteiger partial charge in [-0.15, -0.1) is 0 Å². The molecule has 0 radical (unpaired) electrons. The Morgan fingerprint density at radius 2 is 1.35 bits per heavy atom. The van der Waals surface area contributed by atoms with E-state index in [0.29, 0.717) is 21.7 Å². The second-order valence-corrected chi connectivity index (χ2v) is 18.6. The van der Waals surface area contributed by atoms with Crippen molar-refractivity contribution >= 4 is 33.9 Å². The molecule has 1 aromatic carbocycles. The van der Waals surface area contributed by atoms with E-state index in [0.717, 1.165) is 0 Å². The number of halogens is 1. The Balaban J connectivity index is 1.83. The van der Waals surface area contributed by atoms with Gasteiger partial charge in [-0.3, -0.25) is 4.98 Å². The first-order valence-electron chi connectivity index (χ1n) is 17.4. The number of sulfone groups is 1. The third-order valence-corrected chi connectivity index (χ3v) is 9.56. The Morgan fingerprint density at radius 3 is 1.85 bits per heavy atom. The third-order valence-electron chi connectivity index (χ3n) is 7.42. The monoisotopic (exact) mass is 781 g/mol. The van der Waals surface area contributed by atoms with Crippen LogP contribution in [0.3, 0.4) is 0 Å². The van der Waals surface area contributed by atoms with Crippen molar-refractivity contribution < 1.29 is 45.9 Å². The van der Waals surface area contributed by atoms with Gasteiger partial charge in [0, 0.05) is 43.2 Å². The van der Waals surface area contributed by atoms with E-state index in [4.69, 9.17) is 18.7 Å². The molecule has 3 heterocycles. The molecule has 3 aromatic heterocycles. The number of aromatic nitrogens is 3. The first-order valence-corrected chi connectivity index (χ1v) is 19.0. The number of nitrogens with zero attached hydrogens (tertiary/aromatic N) is 5. The minimum atomic E-state index is -3.61. The molecule has 55 heavy (non-hydrogen) atoms. The average Bonchev–Trinajstić information content (AvgIpc) is 3.52. The molecule has 4 rings (SSSR count). The first kappa shape index (κ1) is 42.4. The Labute approximate surface area is 320 Å². The van der Waals surface area contributed by atoms with Crippen molar-refractivity contribution in [2.45, 2.75) is 110 Å². The van der Waals surface area contributed by atoms with Crippen LogP contribution in [0.2, 0.25) is 0 Å². The minimum absolute atomic E-state index is 0.0244. The van der Waals surface area contributed by atoms with Crippen molar-refractivity contribution in [3.63, 3.8) is 0 Å². The zero-order chi connectivity index (χ0) is 41.3. The molecular formula is C39H48FN5O9S. The summed E-state index contributed by atoms with van der Waals surface area (Å²) in [5, 5.41) is 3.42. The molecule has 0 bridgehead atoms. The Hall–Kier alpha value is -5.38. The van der Waals surface area contributed by atoms with Crippen molar-refractivity contribution in [3.05, 3.63) is 66.2 Å². The highest BCUT2D eigenvalue weighted by Gasteiger charge is 2.36. The summed E-state index contributed by atoms with van der Waals surface area (Å²) in [6.07, 6.45) is -0.187. The molecule has 0 aliphatic heterocycles. The number of benzene rings is 1. The summed E-state index contributed by atoms with van der Waals surface area (Å²) in [5.74, 6) is -0.939. The maximum atomic E-state index is 15.6. The molecule has 16 heteroatoms. The van der Waals surface area contributed by atoms with E-state index < -0.39 is 56.0 Å². The number of ether oxygens (including phenoxy) is 3. The molecule has 0 unspecified atom stereocenters. The number of amides is 3. The number of hydrogen-bond donors (Lipinski definition) is 0. The highest BCUT2D eigenvalue weighted by molar-refractivity contribution is 7.92. The van der Waals surface area contributed by atoms with Crippen LogP contribution in [-0.4, -0.2) is 75.8 Å². The number of carbonyl (C=O) groups is 3. The molecular weight excluding hydrogens is 734 g/mol. The zero-order valence-electron chi connectivity index (χ0n) is 33.2. The molecule has 0 aliphatic carbocycles. The standard InChI is InChI=1S/C39H48FN5O9S/c1-23(2)55(49,50)26-14-16-30(41-21-26)25-18-28(33(42-20-25)45(35(47)52-38(6,7)8)36(48)53-39(9,10)11)32-19-31(43-54-32)27-15-13-24(17-29(27)40)22-44(12)34(46)51-37(3,4)5/h13-21,23H,22H2,1-12H3. The van der Waals surface area contributed by atoms with Gasteiger partial charge in [0.2, 0.25) is 0 Å². The van der Waals surface area contributed by atoms with E-state index in [1.54, 1.807) is 89.3 Å². The predicted molar refractivity (Wildman–Crippen MR) is 203 cm³/mol. The van der Waals surface area contributed by atoms with E-state index in [1.807, 2.05) is 0 Å². The molecule has 0 saturated carbocycles. The quantitative estimate of drug-likeness (QED) is 0.156. The molecule has 296 valence electrons. The lowest BCUT2D eigenvalue weighted by Gasteiger charge is -2.28. The van der Waals surface area contributed by atoms with Gasteiger partial charge < -0.3 is 23.6 Å². The number of rotatable bonds is 8. The minimum Gasteiger partial charge on any atom is -0.444 e. The van der Waals surface area contributed by atoms with Crippen LogP contribution in [0.5, 0.6) is 0 Å². The van der Waals surface area contributed by atoms with Gasteiger partial charge in [0.05, 0.1) is 21.4 Å². The molecule has 0 atom stereocenters. The summed E-state index contributed by atoms with van der Waals surface area (Å²) in [6.45, 7) is 18.2. The summed E-state index contributed by atoms with van der Waals surface area (Å²) in [5.41, 5.74) is -1.43. The Morgan fingerprint density at radius 1 is 0.764 bits per heavy atom. The third kappa shape index (κ3) is 10.9. The van der Waals surface area contributed by atoms with Gasteiger partial charge >= 0.3 is 18.3 Å². The second kappa shape index (κ2) is 15.8. The first-order chi connectivity index (χ1) is 25.3. The van der Waals surface area contributed by atoms with E-state index >= 15 is 4.39 Å². The average molecular weight is 782 g/mol. The molecule has 0 N–H and O–H groups in total. The fourth-order valence-corrected chi connectivity index (χ4v) is 5.88. The molecule has 14 nitrogen and oxygen atoms in total. The van der Waals surface area contributed by atoms with Gasteiger partial charge in [-0.25, -0.2) is 32.2 Å². The van der Waals surface area contributed by atoms with E-state index in [-0.39, 0.29) is 39.8 Å². The SMILES string of the molecule is CC(C)S(=O)(=O)c1ccc(-c2cnc(N(C(=O)OC(C)(C)C)C(=O)OC(C)(C)C)c(-c3cc(-c4ccc(CN(C)C(=O)OC(C)(C)C)cc4F)no3)c2)nc1. The van der Waals surface area contributed by atoms with E-state index in [2.05, 4.69) is 15.1 Å². The van der Waals surface area contributed by atoms with Gasteiger partial charge in [0.15, 0.2) is 21.4 Å². The van der Waals surface area contributed by atoms with Crippen molar-refractivity contribution in [2.75, 3.05) is 11.9 Å². The number of carbonyl (C=O) groups excluding carboxylic acids is 3. The number of pyridine rings is 2. The molecule has 0 aliphatic rings. The summed E-state index contributed by atoms with van der Waals surface area (Å²) in [4.78, 5) is 50.6. The van der Waals surface area contributed by atoms with Crippen molar-refractivity contribution in [3.8, 4) is 33.8 Å². The Kier molecular flexibility index (Phi) is 12.1. The maximum Gasteiger partial charge on any atom is 0.425 e. The lowest BCUT2D eigenvalue weighted by molar-refractivity contribution is 0.0283. The van der Waals surface area contributed by atoms with E-state index in [9.17, 15) is 22.8 Å². The van der Waals surface area contributed by atoms with Gasteiger partial charge in [-0.05, 0) is 112 Å².